The molecule has 0 aromatic carbocycles. The number of hydrogen-bond donors (Lipinski definition) is 0. The number of aromatic nitrogens is 3. The number of rotatable bonds is 5. The molecule has 0 radical (unpaired) electrons. The maximum absolute atomic E-state index is 12.4. The van der Waals surface area contributed by atoms with E-state index in [1.165, 1.54) is 4.68 Å². The molecule has 0 unspecified atom stereocenters. The van der Waals surface area contributed by atoms with Crippen LogP contribution in [0.15, 0.2) is 0 Å². The van der Waals surface area contributed by atoms with Gasteiger partial charge in [-0.15, -0.1) is 5.10 Å². The molecule has 1 aromatic heterocycles. The number of nitrogens with zero attached hydrogens (tertiary/aromatic N) is 3. The van der Waals surface area contributed by atoms with Gasteiger partial charge in [0.1, 0.15) is 3.70 Å². The average molecular weight is 347 g/mol. The van der Waals surface area contributed by atoms with E-state index >= 15 is 0 Å². The normalized spacial score (nSPS) is 12.1. The van der Waals surface area contributed by atoms with Gasteiger partial charge in [0, 0.05) is 6.54 Å². The first kappa shape index (κ1) is 13.7. The van der Waals surface area contributed by atoms with Gasteiger partial charge in [-0.3, -0.25) is 0 Å². The minimum Gasteiger partial charge on any atom is -0.239 e. The maximum Gasteiger partial charge on any atom is 0.437 e. The molecule has 0 spiro atoms. The summed E-state index contributed by atoms with van der Waals surface area (Å²) in [6.45, 7) is 2.59. The predicted octanol–water partition coefficient (Wildman–Crippen LogP) is 3.48. The highest BCUT2D eigenvalue weighted by molar-refractivity contribution is 14.1. The standard InChI is InChI=1S/C9H13F3IN3/c1-2-3-4-5-6-16-8(13)7(14-15-16)9(10,11)12/h2-6H2,1H3. The van der Waals surface area contributed by atoms with E-state index in [2.05, 4.69) is 17.2 Å². The van der Waals surface area contributed by atoms with E-state index in [0.717, 1.165) is 25.7 Å². The smallest absolute Gasteiger partial charge is 0.239 e. The van der Waals surface area contributed by atoms with Gasteiger partial charge in [-0.25, -0.2) is 4.68 Å². The minimum atomic E-state index is -4.40. The van der Waals surface area contributed by atoms with Gasteiger partial charge in [0.05, 0.1) is 0 Å². The van der Waals surface area contributed by atoms with Crippen molar-refractivity contribution in [1.29, 1.82) is 0 Å². The molecule has 3 nitrogen and oxygen atoms in total. The van der Waals surface area contributed by atoms with E-state index in [1.807, 2.05) is 0 Å². The molecule has 0 aliphatic carbocycles. The lowest BCUT2D eigenvalue weighted by Gasteiger charge is -2.04. The Morgan fingerprint density at radius 3 is 2.44 bits per heavy atom. The molecule has 1 rings (SSSR count). The quantitative estimate of drug-likeness (QED) is 0.603. The highest BCUT2D eigenvalue weighted by atomic mass is 127. The van der Waals surface area contributed by atoms with Crippen molar-refractivity contribution in [2.45, 2.75) is 45.3 Å². The highest BCUT2D eigenvalue weighted by Gasteiger charge is 2.37. The molecule has 0 atom stereocenters. The topological polar surface area (TPSA) is 30.7 Å². The molecule has 1 heterocycles. The van der Waals surface area contributed by atoms with E-state index in [-0.39, 0.29) is 3.70 Å². The number of hydrogen-bond acceptors (Lipinski definition) is 2. The van der Waals surface area contributed by atoms with Gasteiger partial charge >= 0.3 is 6.18 Å². The second-order valence-corrected chi connectivity index (χ2v) is 4.53. The van der Waals surface area contributed by atoms with Crippen LogP contribution in [0.25, 0.3) is 0 Å². The number of aryl methyl sites for hydroxylation is 1. The van der Waals surface area contributed by atoms with Gasteiger partial charge in [0.15, 0.2) is 5.69 Å². The van der Waals surface area contributed by atoms with Crippen LogP contribution in [0.5, 0.6) is 0 Å². The molecule has 0 saturated heterocycles. The van der Waals surface area contributed by atoms with Crippen molar-refractivity contribution in [1.82, 2.24) is 15.0 Å². The summed E-state index contributed by atoms with van der Waals surface area (Å²) < 4.78 is 38.5. The largest absolute Gasteiger partial charge is 0.437 e. The predicted molar refractivity (Wildman–Crippen MR) is 61.9 cm³/mol. The van der Waals surface area contributed by atoms with Gasteiger partial charge in [-0.2, -0.15) is 13.2 Å². The summed E-state index contributed by atoms with van der Waals surface area (Å²) >= 11 is 1.64. The van der Waals surface area contributed by atoms with E-state index in [1.54, 1.807) is 22.6 Å². The van der Waals surface area contributed by atoms with Crippen LogP contribution >= 0.6 is 22.6 Å². The third-order valence-corrected chi connectivity index (χ3v) is 3.23. The summed E-state index contributed by atoms with van der Waals surface area (Å²) in [5.74, 6) is 0. The van der Waals surface area contributed by atoms with E-state index < -0.39 is 11.9 Å². The summed E-state index contributed by atoms with van der Waals surface area (Å²) in [6, 6.07) is 0. The molecular weight excluding hydrogens is 334 g/mol. The zero-order valence-electron chi connectivity index (χ0n) is 8.89. The fourth-order valence-electron chi connectivity index (χ4n) is 1.31. The summed E-state index contributed by atoms with van der Waals surface area (Å²) in [4.78, 5) is 0. The van der Waals surface area contributed by atoms with Crippen LogP contribution in [-0.4, -0.2) is 15.0 Å². The van der Waals surface area contributed by atoms with Crippen molar-refractivity contribution >= 4 is 22.6 Å². The third kappa shape index (κ3) is 3.60. The zero-order chi connectivity index (χ0) is 12.2. The van der Waals surface area contributed by atoms with Crippen LogP contribution in [0.3, 0.4) is 0 Å². The molecule has 0 bridgehead atoms. The summed E-state index contributed by atoms with van der Waals surface area (Å²) in [5.41, 5.74) is -0.886. The van der Waals surface area contributed by atoms with Crippen LogP contribution in [-0.2, 0) is 12.7 Å². The first-order valence-corrected chi connectivity index (χ1v) is 6.21. The molecule has 0 amide bonds. The molecule has 0 fully saturated rings. The summed E-state index contributed by atoms with van der Waals surface area (Å²) in [7, 11) is 0. The van der Waals surface area contributed by atoms with Crippen LogP contribution in [0, 0.1) is 3.70 Å². The van der Waals surface area contributed by atoms with Crippen molar-refractivity contribution in [3.05, 3.63) is 9.39 Å². The molecule has 0 saturated carbocycles. The van der Waals surface area contributed by atoms with Crippen LogP contribution in [0.1, 0.15) is 38.3 Å². The van der Waals surface area contributed by atoms with Crippen molar-refractivity contribution in [2.24, 2.45) is 0 Å². The monoisotopic (exact) mass is 347 g/mol. The fraction of sp³-hybridized carbons (Fsp3) is 0.778. The number of unbranched alkanes of at least 4 members (excludes halogenated alkanes) is 3. The molecule has 0 aliphatic rings. The fourth-order valence-corrected chi connectivity index (χ4v) is 2.06. The van der Waals surface area contributed by atoms with Crippen molar-refractivity contribution < 1.29 is 13.2 Å². The molecule has 0 N–H and O–H groups in total. The van der Waals surface area contributed by atoms with Gasteiger partial charge in [0.2, 0.25) is 0 Å². The van der Waals surface area contributed by atoms with E-state index in [9.17, 15) is 13.2 Å². The molecule has 16 heavy (non-hydrogen) atoms. The average Bonchev–Trinajstić information content (AvgIpc) is 2.54. The lowest BCUT2D eigenvalue weighted by molar-refractivity contribution is -0.142. The van der Waals surface area contributed by atoms with Crippen LogP contribution < -0.4 is 0 Å². The lowest BCUT2D eigenvalue weighted by atomic mass is 10.2. The molecule has 92 valence electrons. The number of halogens is 4. The first-order valence-electron chi connectivity index (χ1n) is 5.13. The van der Waals surface area contributed by atoms with E-state index in [4.69, 9.17) is 0 Å². The molecular formula is C9H13F3IN3. The Hall–Kier alpha value is -0.340. The SMILES string of the molecule is CCCCCCn1nnc(C(F)(F)F)c1I. The van der Waals surface area contributed by atoms with Gasteiger partial charge in [-0.05, 0) is 29.0 Å². The highest BCUT2D eigenvalue weighted by Crippen LogP contribution is 2.30. The van der Waals surface area contributed by atoms with E-state index in [0.29, 0.717) is 6.54 Å². The third-order valence-electron chi connectivity index (χ3n) is 2.17. The molecule has 7 heteroatoms. The second-order valence-electron chi connectivity index (χ2n) is 3.51. The molecule has 0 aliphatic heterocycles. The zero-order valence-corrected chi connectivity index (χ0v) is 11.0. The van der Waals surface area contributed by atoms with Crippen molar-refractivity contribution in [3.63, 3.8) is 0 Å². The van der Waals surface area contributed by atoms with Crippen molar-refractivity contribution in [3.8, 4) is 0 Å². The Balaban J connectivity index is 2.59. The maximum atomic E-state index is 12.4. The molecule has 1 aromatic rings. The summed E-state index contributed by atoms with van der Waals surface area (Å²) in [6.07, 6.45) is -0.365. The second kappa shape index (κ2) is 5.83. The Kier molecular flexibility index (Phi) is 5.00. The summed E-state index contributed by atoms with van der Waals surface area (Å²) in [5, 5.41) is 6.69. The minimum absolute atomic E-state index is 0.0709. The van der Waals surface area contributed by atoms with Crippen LogP contribution in [0.4, 0.5) is 13.2 Å². The van der Waals surface area contributed by atoms with Crippen molar-refractivity contribution in [2.75, 3.05) is 0 Å². The Morgan fingerprint density at radius 2 is 1.94 bits per heavy atom. The Bertz CT molecular complexity index is 335. The lowest BCUT2D eigenvalue weighted by Crippen LogP contribution is -2.09. The van der Waals surface area contributed by atoms with Gasteiger partial charge < -0.3 is 0 Å². The van der Waals surface area contributed by atoms with Crippen LogP contribution in [0.2, 0.25) is 0 Å². The van der Waals surface area contributed by atoms with Gasteiger partial charge in [0.25, 0.3) is 0 Å². The first-order chi connectivity index (χ1) is 7.46. The number of alkyl halides is 3. The Morgan fingerprint density at radius 1 is 1.25 bits per heavy atom. The van der Waals surface area contributed by atoms with Gasteiger partial charge in [-0.1, -0.05) is 31.4 Å². The Labute approximate surface area is 106 Å².